The first-order valence-corrected chi connectivity index (χ1v) is 5.81. The zero-order valence-corrected chi connectivity index (χ0v) is 9.37. The summed E-state index contributed by atoms with van der Waals surface area (Å²) in [6.07, 6.45) is 7.34. The first-order valence-electron chi connectivity index (χ1n) is 5.81. The Morgan fingerprint density at radius 3 is 2.67 bits per heavy atom. The summed E-state index contributed by atoms with van der Waals surface area (Å²) in [7, 11) is 0. The van der Waals surface area contributed by atoms with Gasteiger partial charge in [0.1, 0.15) is 5.75 Å². The molecule has 1 aromatic rings. The van der Waals surface area contributed by atoms with E-state index in [1.807, 2.05) is 24.3 Å². The third-order valence-corrected chi connectivity index (χ3v) is 2.34. The average molecular weight is 204 g/mol. The van der Waals surface area contributed by atoms with Gasteiger partial charge in [0.25, 0.3) is 0 Å². The normalized spacial score (nSPS) is 10.2. The van der Waals surface area contributed by atoms with Gasteiger partial charge in [-0.2, -0.15) is 0 Å². The van der Waals surface area contributed by atoms with Crippen molar-refractivity contribution in [3.8, 4) is 5.75 Å². The molecule has 0 saturated heterocycles. The standard InChI is InChI=1S/C14H20O/c1-2-3-4-5-6-10-13-15-14-11-8-7-9-12-14/h7-8,11-12H,1-6,10,13H2. The average Bonchev–Trinajstić information content (AvgIpc) is 2.29. The van der Waals surface area contributed by atoms with Crippen LogP contribution in [0.1, 0.15) is 38.5 Å². The molecule has 0 aliphatic heterocycles. The summed E-state index contributed by atoms with van der Waals surface area (Å²) in [5.74, 6) is 0.926. The second kappa shape index (κ2) is 8.34. The highest BCUT2D eigenvalue weighted by molar-refractivity contribution is 5.19. The zero-order chi connectivity index (χ0) is 10.8. The van der Waals surface area contributed by atoms with E-state index in [4.69, 9.17) is 4.74 Å². The number of benzene rings is 1. The van der Waals surface area contributed by atoms with Crippen LogP contribution in [0.4, 0.5) is 0 Å². The molecule has 0 amide bonds. The third-order valence-electron chi connectivity index (χ3n) is 2.34. The predicted molar refractivity (Wildman–Crippen MR) is 63.8 cm³/mol. The van der Waals surface area contributed by atoms with Crippen molar-refractivity contribution in [3.63, 3.8) is 0 Å². The van der Waals surface area contributed by atoms with Crippen LogP contribution in [0, 0.1) is 13.0 Å². The molecule has 0 unspecified atom stereocenters. The molecule has 1 aromatic carbocycles. The lowest BCUT2D eigenvalue weighted by Crippen LogP contribution is -1.96. The highest BCUT2D eigenvalue weighted by Gasteiger charge is 1.92. The maximum Gasteiger partial charge on any atom is 0.119 e. The van der Waals surface area contributed by atoms with Crippen molar-refractivity contribution in [1.29, 1.82) is 0 Å². The molecule has 0 saturated carbocycles. The molecule has 0 aliphatic rings. The molecular weight excluding hydrogens is 184 g/mol. The highest BCUT2D eigenvalue weighted by Crippen LogP contribution is 2.10. The molecule has 0 aliphatic carbocycles. The van der Waals surface area contributed by atoms with Crippen LogP contribution in [-0.2, 0) is 0 Å². The van der Waals surface area contributed by atoms with E-state index in [1.54, 1.807) is 0 Å². The molecule has 0 heterocycles. The summed E-state index contributed by atoms with van der Waals surface area (Å²) in [4.78, 5) is 0. The van der Waals surface area contributed by atoms with Crippen LogP contribution in [0.3, 0.4) is 0 Å². The number of hydrogen-bond donors (Lipinski definition) is 0. The molecule has 82 valence electrons. The molecule has 1 nitrogen and oxygen atoms in total. The Bertz CT molecular complexity index is 230. The van der Waals surface area contributed by atoms with Crippen molar-refractivity contribution in [2.24, 2.45) is 0 Å². The topological polar surface area (TPSA) is 9.23 Å². The summed E-state index contributed by atoms with van der Waals surface area (Å²) in [6, 6.07) is 10.7. The Labute approximate surface area is 93.5 Å². The minimum Gasteiger partial charge on any atom is -0.494 e. The molecule has 0 N–H and O–H groups in total. The molecule has 2 radical (unpaired) electrons. The summed E-state index contributed by atoms with van der Waals surface area (Å²) in [6.45, 7) is 4.65. The van der Waals surface area contributed by atoms with Crippen molar-refractivity contribution in [1.82, 2.24) is 0 Å². The summed E-state index contributed by atoms with van der Waals surface area (Å²) >= 11 is 0. The van der Waals surface area contributed by atoms with Gasteiger partial charge in [-0.15, -0.1) is 0 Å². The van der Waals surface area contributed by atoms with Crippen molar-refractivity contribution >= 4 is 0 Å². The van der Waals surface area contributed by atoms with E-state index in [1.165, 1.54) is 25.7 Å². The molecule has 0 fully saturated rings. The van der Waals surface area contributed by atoms with Gasteiger partial charge in [0.2, 0.25) is 0 Å². The SMILES string of the molecule is [CH2]CCCCCCCOc1c[c]ccc1. The number of ether oxygens (including phenoxy) is 1. The molecule has 1 heteroatoms. The van der Waals surface area contributed by atoms with Crippen LogP contribution in [0.2, 0.25) is 0 Å². The van der Waals surface area contributed by atoms with E-state index in [0.717, 1.165) is 25.2 Å². The van der Waals surface area contributed by atoms with E-state index < -0.39 is 0 Å². The molecule has 0 spiro atoms. The fourth-order valence-electron chi connectivity index (χ4n) is 1.47. The van der Waals surface area contributed by atoms with Crippen LogP contribution >= 0.6 is 0 Å². The van der Waals surface area contributed by atoms with Crippen molar-refractivity contribution in [3.05, 3.63) is 37.3 Å². The maximum atomic E-state index is 5.57. The molecule has 1 rings (SSSR count). The minimum atomic E-state index is 0.822. The van der Waals surface area contributed by atoms with E-state index >= 15 is 0 Å². The Balaban J connectivity index is 1.93. The first-order chi connectivity index (χ1) is 7.43. The smallest absolute Gasteiger partial charge is 0.119 e. The van der Waals surface area contributed by atoms with Gasteiger partial charge in [0.05, 0.1) is 6.61 Å². The molecule has 15 heavy (non-hydrogen) atoms. The minimum absolute atomic E-state index is 0.822. The maximum absolute atomic E-state index is 5.57. The van der Waals surface area contributed by atoms with Gasteiger partial charge in [-0.3, -0.25) is 0 Å². The zero-order valence-electron chi connectivity index (χ0n) is 9.37. The lowest BCUT2D eigenvalue weighted by Gasteiger charge is -2.05. The molecule has 0 atom stereocenters. The van der Waals surface area contributed by atoms with E-state index in [2.05, 4.69) is 13.0 Å². The second-order valence-electron chi connectivity index (χ2n) is 3.71. The summed E-state index contributed by atoms with van der Waals surface area (Å²) < 4.78 is 5.57. The van der Waals surface area contributed by atoms with Gasteiger partial charge in [-0.25, -0.2) is 0 Å². The van der Waals surface area contributed by atoms with Gasteiger partial charge in [0, 0.05) is 0 Å². The second-order valence-corrected chi connectivity index (χ2v) is 3.71. The van der Waals surface area contributed by atoms with Crippen LogP contribution in [0.5, 0.6) is 5.75 Å². The van der Waals surface area contributed by atoms with Gasteiger partial charge in [-0.05, 0) is 24.6 Å². The van der Waals surface area contributed by atoms with Gasteiger partial charge >= 0.3 is 0 Å². The van der Waals surface area contributed by atoms with E-state index in [9.17, 15) is 0 Å². The van der Waals surface area contributed by atoms with E-state index in [0.29, 0.717) is 0 Å². The molecule has 0 aromatic heterocycles. The summed E-state index contributed by atoms with van der Waals surface area (Å²) in [5, 5.41) is 0. The highest BCUT2D eigenvalue weighted by atomic mass is 16.5. The van der Waals surface area contributed by atoms with Crippen LogP contribution in [-0.4, -0.2) is 6.61 Å². The molecule has 0 bridgehead atoms. The Hall–Kier alpha value is -0.980. The lowest BCUT2D eigenvalue weighted by molar-refractivity contribution is 0.304. The monoisotopic (exact) mass is 204 g/mol. The van der Waals surface area contributed by atoms with E-state index in [-0.39, 0.29) is 0 Å². The van der Waals surface area contributed by atoms with Crippen molar-refractivity contribution < 1.29 is 4.74 Å². The van der Waals surface area contributed by atoms with Crippen LogP contribution < -0.4 is 4.74 Å². The fourth-order valence-corrected chi connectivity index (χ4v) is 1.47. The Morgan fingerprint density at radius 1 is 1.13 bits per heavy atom. The van der Waals surface area contributed by atoms with Crippen LogP contribution in [0.25, 0.3) is 0 Å². The quantitative estimate of drug-likeness (QED) is 0.581. The fraction of sp³-hybridized carbons (Fsp3) is 0.500. The third kappa shape index (κ3) is 6.16. The number of hydrogen-bond acceptors (Lipinski definition) is 1. The van der Waals surface area contributed by atoms with Crippen LogP contribution in [0.15, 0.2) is 24.3 Å². The van der Waals surface area contributed by atoms with Crippen molar-refractivity contribution in [2.75, 3.05) is 6.61 Å². The van der Waals surface area contributed by atoms with Gasteiger partial charge < -0.3 is 4.74 Å². The largest absolute Gasteiger partial charge is 0.494 e. The lowest BCUT2D eigenvalue weighted by atomic mass is 10.1. The summed E-state index contributed by atoms with van der Waals surface area (Å²) in [5.41, 5.74) is 0. The molecular formula is C14H20O. The van der Waals surface area contributed by atoms with Gasteiger partial charge in [-0.1, -0.05) is 51.2 Å². The first kappa shape index (κ1) is 12.1. The number of unbranched alkanes of at least 4 members (excludes halogenated alkanes) is 5. The van der Waals surface area contributed by atoms with Crippen molar-refractivity contribution in [2.45, 2.75) is 38.5 Å². The Morgan fingerprint density at radius 2 is 1.93 bits per heavy atom. The predicted octanol–water partition coefficient (Wildman–Crippen LogP) is 4.04. The van der Waals surface area contributed by atoms with Gasteiger partial charge in [0.15, 0.2) is 0 Å². The Kier molecular flexibility index (Phi) is 6.72. The number of rotatable bonds is 8.